The van der Waals surface area contributed by atoms with Gasteiger partial charge in [0.1, 0.15) is 60.5 Å². The van der Waals surface area contributed by atoms with Gasteiger partial charge in [0.2, 0.25) is 0 Å². The summed E-state index contributed by atoms with van der Waals surface area (Å²) in [5.41, 5.74) is 13.5. The molecule has 2 bridgehead atoms. The second-order valence-electron chi connectivity index (χ2n) is 21.2. The van der Waals surface area contributed by atoms with Crippen LogP contribution in [0.2, 0.25) is 0 Å². The van der Waals surface area contributed by atoms with Crippen LogP contribution in [0.1, 0.15) is 73.1 Å². The van der Waals surface area contributed by atoms with Gasteiger partial charge < -0.3 is 103 Å². The number of rotatable bonds is 13. The molecule has 20 N–H and O–H groups in total. The predicted molar refractivity (Wildman–Crippen MR) is 243 cm³/mol. The summed E-state index contributed by atoms with van der Waals surface area (Å²) >= 11 is 0. The van der Waals surface area contributed by atoms with Crippen LogP contribution in [0.5, 0.6) is 0 Å². The minimum atomic E-state index is -2.15. The van der Waals surface area contributed by atoms with Gasteiger partial charge in [-0.25, -0.2) is 4.99 Å². The maximum absolute atomic E-state index is 12.5. The number of aliphatic hydroxyl groups is 8. The number of fused-ring (bicyclic) bond motifs is 2. The summed E-state index contributed by atoms with van der Waals surface area (Å²) in [6, 6.07) is -3.94. The Bertz CT molecular complexity index is 2020. The lowest BCUT2D eigenvalue weighted by molar-refractivity contribution is -0.317. The summed E-state index contributed by atoms with van der Waals surface area (Å²) in [5.74, 6) is -5.90. The van der Waals surface area contributed by atoms with Crippen molar-refractivity contribution in [1.82, 2.24) is 10.6 Å². The number of likely N-dealkylation sites (N-methyl/N-ethyl adjacent to an activating group) is 1. The van der Waals surface area contributed by atoms with Crippen molar-refractivity contribution in [3.8, 4) is 0 Å². The number of carboxylic acid groups (broad SMARTS) is 3. The molecular weight excluding hydrogens is 927 g/mol. The van der Waals surface area contributed by atoms with E-state index in [1.54, 1.807) is 0 Å². The van der Waals surface area contributed by atoms with Crippen LogP contribution in [0.4, 0.5) is 0 Å². The summed E-state index contributed by atoms with van der Waals surface area (Å²) in [6.45, 7) is 7.94. The Morgan fingerprint density at radius 1 is 0.886 bits per heavy atom. The maximum Gasteiger partial charge on any atom is 0.309 e. The molecule has 25 nitrogen and oxygen atoms in total. The third-order valence-corrected chi connectivity index (χ3v) is 17.3. The highest BCUT2D eigenvalue weighted by Gasteiger charge is 2.71. The Balaban J connectivity index is 0.000000238. The SMILES string of the molecule is CC(C)C1=C[C@@]23CC[C@@H]4[C@](C)(CCC[C@@]4(C)C(=O)O)[C@H]2C[C@@H]1[C@@H](C(=O)O)[C@H]3C(=O)O.CN[C@@H]1[C@H](O[C@H]2[C@H](O[C@H]3[C@H](O)[C@@H](O)[C@H](NC(=N)N)[C@@H](O)[C@@H]3N=C(N)N)O[C@@H](C)[C@]2(O)CO)O[C@@H](CO)[C@H](O)[C@H]1O. The molecule has 2 saturated heterocycles. The summed E-state index contributed by atoms with van der Waals surface area (Å²) < 4.78 is 23.2. The van der Waals surface area contributed by atoms with Gasteiger partial charge in [0.05, 0.1) is 48.7 Å². The molecule has 2 aliphatic heterocycles. The molecule has 0 aromatic heterocycles. The number of aliphatic hydroxyl groups excluding tert-OH is 7. The Labute approximate surface area is 404 Å². The molecule has 8 rings (SSSR count). The number of allylic oxidation sites excluding steroid dienone is 2. The van der Waals surface area contributed by atoms with Gasteiger partial charge in [-0.3, -0.25) is 19.8 Å². The van der Waals surface area contributed by atoms with Gasteiger partial charge in [-0.05, 0) is 82.1 Å². The summed E-state index contributed by atoms with van der Waals surface area (Å²) in [7, 11) is 1.44. The fourth-order valence-corrected chi connectivity index (χ4v) is 13.8. The molecular formula is C45H75N7O18. The Kier molecular flexibility index (Phi) is 16.3. The van der Waals surface area contributed by atoms with E-state index in [2.05, 4.69) is 42.5 Å². The predicted octanol–water partition coefficient (Wildman–Crippen LogP) is -3.86. The van der Waals surface area contributed by atoms with Crippen LogP contribution in [0.15, 0.2) is 16.6 Å². The number of guanidine groups is 2. The van der Waals surface area contributed by atoms with E-state index in [1.165, 1.54) is 14.0 Å². The quantitative estimate of drug-likeness (QED) is 0.0477. The number of nitrogens with one attached hydrogen (secondary N) is 3. The van der Waals surface area contributed by atoms with Gasteiger partial charge in [0.15, 0.2) is 24.5 Å². The minimum absolute atomic E-state index is 0.00641. The molecule has 0 aromatic rings. The van der Waals surface area contributed by atoms with Crippen molar-refractivity contribution in [3.63, 3.8) is 0 Å². The number of aliphatic carboxylic acids is 3. The number of ether oxygens (including phenoxy) is 4. The van der Waals surface area contributed by atoms with Crippen LogP contribution >= 0.6 is 0 Å². The smallest absolute Gasteiger partial charge is 0.309 e. The van der Waals surface area contributed by atoms with Crippen LogP contribution in [0, 0.1) is 57.2 Å². The van der Waals surface area contributed by atoms with Crippen LogP contribution in [-0.2, 0) is 33.3 Å². The standard InChI is InChI=1S/C24H34O6.C21H41N7O12/c1-12(2)14-11-24-9-6-15-22(3,7-5-8-23(15,4)21(29)30)16(24)10-13(14)17(19(25)26)18(24)20(27)28;1-5-21(36,4-30)16(40-17-9(26-2)13(34)10(31)6(3-29)38-17)18(37-5)39-15-8(28-20(24)25)11(32)7(27-19(22)23)12(33)14(15)35/h11-13,15-18H,5-10H2,1-4H3,(H,25,26)(H,27,28)(H,29,30);5-18,26,29-36H,3-4H2,1-2H3,(H4,22,23,27)(H4,24,25,28)/t13-,15+,16+,17+,18-,22-,23+,24-;5-,6-,7+,8-,9-,10-,11+,12-,13-,14+,15+,16-,17-,18-,21+/m00/s1. The van der Waals surface area contributed by atoms with Crippen molar-refractivity contribution in [1.29, 1.82) is 5.41 Å². The van der Waals surface area contributed by atoms with E-state index in [9.17, 15) is 70.6 Å². The first-order valence-corrected chi connectivity index (χ1v) is 23.9. The second kappa shape index (κ2) is 20.6. The Hall–Kier alpha value is -3.83. The number of carboxylic acids is 3. The lowest BCUT2D eigenvalue weighted by Crippen LogP contribution is -2.70. The van der Waals surface area contributed by atoms with E-state index in [0.29, 0.717) is 25.7 Å². The highest BCUT2D eigenvalue weighted by Crippen LogP contribution is 2.73. The highest BCUT2D eigenvalue weighted by molar-refractivity contribution is 5.83. The fraction of sp³-hybridized carbons (Fsp3) is 0.844. The number of aliphatic imine (C=N–C) groups is 1. The number of hydrogen-bond donors (Lipinski definition) is 17. The first-order chi connectivity index (χ1) is 32.6. The lowest BCUT2D eigenvalue weighted by atomic mass is 9.34. The second-order valence-corrected chi connectivity index (χ2v) is 21.2. The van der Waals surface area contributed by atoms with Crippen molar-refractivity contribution < 1.29 is 89.5 Å². The molecule has 8 aliphatic rings. The van der Waals surface area contributed by atoms with Crippen molar-refractivity contribution >= 4 is 29.8 Å². The van der Waals surface area contributed by atoms with E-state index in [-0.39, 0.29) is 29.1 Å². The zero-order chi connectivity index (χ0) is 52.3. The molecule has 0 amide bonds. The van der Waals surface area contributed by atoms with Crippen molar-refractivity contribution in [2.45, 2.75) is 164 Å². The molecule has 23 atom stereocenters. The zero-order valence-electron chi connectivity index (χ0n) is 40.2. The molecule has 398 valence electrons. The molecule has 6 fully saturated rings. The topological polar surface area (TPSA) is 449 Å². The number of hydrogen-bond acceptors (Lipinski definition) is 18. The van der Waals surface area contributed by atoms with Gasteiger partial charge in [-0.15, -0.1) is 0 Å². The van der Waals surface area contributed by atoms with E-state index in [0.717, 1.165) is 18.4 Å². The third kappa shape index (κ3) is 9.27. The molecule has 70 heavy (non-hydrogen) atoms. The monoisotopic (exact) mass is 1000 g/mol. The average Bonchev–Trinajstić information content (AvgIpc) is 3.52. The van der Waals surface area contributed by atoms with Crippen molar-refractivity contribution in [2.24, 2.45) is 73.9 Å². The molecule has 25 heteroatoms. The van der Waals surface area contributed by atoms with Crippen molar-refractivity contribution in [3.05, 3.63) is 11.6 Å². The van der Waals surface area contributed by atoms with E-state index >= 15 is 0 Å². The summed E-state index contributed by atoms with van der Waals surface area (Å²) in [4.78, 5) is 41.0. The van der Waals surface area contributed by atoms with Crippen LogP contribution in [0.25, 0.3) is 0 Å². The molecule has 1 spiro atoms. The third-order valence-electron chi connectivity index (χ3n) is 17.3. The first-order valence-electron chi connectivity index (χ1n) is 23.9. The first kappa shape index (κ1) is 55.5. The van der Waals surface area contributed by atoms with Gasteiger partial charge in [0, 0.05) is 5.41 Å². The maximum atomic E-state index is 12.5. The van der Waals surface area contributed by atoms with E-state index < -0.39 is 157 Å². The minimum Gasteiger partial charge on any atom is -0.481 e. The summed E-state index contributed by atoms with van der Waals surface area (Å²) in [5, 5.41) is 127. The Morgan fingerprint density at radius 3 is 2.06 bits per heavy atom. The summed E-state index contributed by atoms with van der Waals surface area (Å²) in [6.07, 6.45) is -10.5. The van der Waals surface area contributed by atoms with Gasteiger partial charge >= 0.3 is 17.9 Å². The van der Waals surface area contributed by atoms with Gasteiger partial charge in [-0.1, -0.05) is 38.8 Å². The largest absolute Gasteiger partial charge is 0.481 e. The van der Waals surface area contributed by atoms with E-state index in [4.69, 9.17) is 41.6 Å². The molecule has 0 radical (unpaired) electrons. The lowest BCUT2D eigenvalue weighted by Gasteiger charge is -2.68. The normalized spacial score (nSPS) is 47.4. The number of nitrogens with two attached hydrogens (primary N) is 3. The molecule has 2 heterocycles. The molecule has 0 aromatic carbocycles. The Morgan fingerprint density at radius 2 is 1.53 bits per heavy atom. The van der Waals surface area contributed by atoms with Gasteiger partial charge in [-0.2, -0.15) is 0 Å². The van der Waals surface area contributed by atoms with Crippen LogP contribution in [0.3, 0.4) is 0 Å². The average molecular weight is 1000 g/mol. The van der Waals surface area contributed by atoms with Crippen LogP contribution < -0.4 is 27.8 Å². The molecule has 0 unspecified atom stereocenters. The molecule has 6 aliphatic carbocycles. The highest BCUT2D eigenvalue weighted by atomic mass is 16.8. The van der Waals surface area contributed by atoms with Crippen molar-refractivity contribution in [2.75, 3.05) is 20.3 Å². The zero-order valence-corrected chi connectivity index (χ0v) is 40.2. The number of nitrogens with zero attached hydrogens (tertiary/aromatic N) is 1. The van der Waals surface area contributed by atoms with Crippen LogP contribution in [-0.4, -0.2) is 198 Å². The van der Waals surface area contributed by atoms with E-state index in [1.807, 2.05) is 6.92 Å². The van der Waals surface area contributed by atoms with Gasteiger partial charge in [0.25, 0.3) is 0 Å². The fourth-order valence-electron chi connectivity index (χ4n) is 13.8. The molecule has 4 saturated carbocycles. The number of carbonyl (C=O) groups is 3.